The number of benzene rings is 1. The van der Waals surface area contributed by atoms with Gasteiger partial charge >= 0.3 is 0 Å². The topological polar surface area (TPSA) is 54.5 Å². The van der Waals surface area contributed by atoms with E-state index in [-0.39, 0.29) is 17.5 Å². The lowest BCUT2D eigenvalue weighted by Gasteiger charge is -2.31. The third-order valence-electron chi connectivity index (χ3n) is 3.74. The SMILES string of the molecule is CCC(=O)C1CCCN(c2cccc(C(C)=O)c2)C1=O. The van der Waals surface area contributed by atoms with Gasteiger partial charge in [0, 0.05) is 24.2 Å². The van der Waals surface area contributed by atoms with Gasteiger partial charge in [-0.05, 0) is 31.9 Å². The van der Waals surface area contributed by atoms with Crippen molar-refractivity contribution in [2.24, 2.45) is 5.92 Å². The summed E-state index contributed by atoms with van der Waals surface area (Å²) in [7, 11) is 0. The molecule has 4 heteroatoms. The number of hydrogen-bond acceptors (Lipinski definition) is 3. The summed E-state index contributed by atoms with van der Waals surface area (Å²) in [5.41, 5.74) is 1.29. The molecular formula is C16H19NO3. The van der Waals surface area contributed by atoms with Crippen molar-refractivity contribution in [3.05, 3.63) is 29.8 Å². The molecule has 106 valence electrons. The molecule has 1 unspecified atom stereocenters. The largest absolute Gasteiger partial charge is 0.312 e. The molecule has 2 rings (SSSR count). The predicted molar refractivity (Wildman–Crippen MR) is 76.8 cm³/mol. The number of carbonyl (C=O) groups is 3. The van der Waals surface area contributed by atoms with Crippen LogP contribution in [0.25, 0.3) is 0 Å². The van der Waals surface area contributed by atoms with Crippen molar-refractivity contribution >= 4 is 23.2 Å². The highest BCUT2D eigenvalue weighted by Gasteiger charge is 2.33. The van der Waals surface area contributed by atoms with Crippen LogP contribution in [-0.4, -0.2) is 24.0 Å². The molecule has 0 aromatic heterocycles. The molecule has 0 N–H and O–H groups in total. The maximum atomic E-state index is 12.4. The molecule has 0 spiro atoms. The summed E-state index contributed by atoms with van der Waals surface area (Å²) in [6, 6.07) is 7.03. The number of rotatable bonds is 4. The molecule has 0 aliphatic carbocycles. The van der Waals surface area contributed by atoms with Gasteiger partial charge in [0.2, 0.25) is 5.91 Å². The van der Waals surface area contributed by atoms with Crippen LogP contribution in [0.1, 0.15) is 43.5 Å². The van der Waals surface area contributed by atoms with Crippen LogP contribution in [0, 0.1) is 5.92 Å². The van der Waals surface area contributed by atoms with Crippen LogP contribution in [-0.2, 0) is 9.59 Å². The Morgan fingerprint density at radius 3 is 2.75 bits per heavy atom. The number of nitrogens with zero attached hydrogens (tertiary/aromatic N) is 1. The number of Topliss-reactive ketones (excluding diaryl/α,β-unsaturated/α-hetero) is 2. The van der Waals surface area contributed by atoms with Gasteiger partial charge in [0.1, 0.15) is 5.78 Å². The van der Waals surface area contributed by atoms with E-state index in [1.165, 1.54) is 6.92 Å². The highest BCUT2D eigenvalue weighted by atomic mass is 16.2. The molecule has 1 atom stereocenters. The number of ketones is 2. The average molecular weight is 273 g/mol. The molecule has 1 fully saturated rings. The Morgan fingerprint density at radius 1 is 1.35 bits per heavy atom. The molecule has 20 heavy (non-hydrogen) atoms. The van der Waals surface area contributed by atoms with Gasteiger partial charge in [0.05, 0.1) is 5.92 Å². The van der Waals surface area contributed by atoms with Crippen molar-refractivity contribution in [2.45, 2.75) is 33.1 Å². The first kappa shape index (κ1) is 14.4. The van der Waals surface area contributed by atoms with Gasteiger partial charge in [-0.15, -0.1) is 0 Å². The van der Waals surface area contributed by atoms with Crippen LogP contribution in [0.2, 0.25) is 0 Å². The minimum absolute atomic E-state index is 0.00224. The maximum Gasteiger partial charge on any atom is 0.237 e. The van der Waals surface area contributed by atoms with Crippen LogP contribution in [0.4, 0.5) is 5.69 Å². The zero-order chi connectivity index (χ0) is 14.7. The second-order valence-electron chi connectivity index (χ2n) is 5.11. The number of anilines is 1. The summed E-state index contributed by atoms with van der Waals surface area (Å²) < 4.78 is 0. The molecule has 1 aromatic carbocycles. The Bertz CT molecular complexity index is 550. The summed E-state index contributed by atoms with van der Waals surface area (Å²) >= 11 is 0. The van der Waals surface area contributed by atoms with Gasteiger partial charge in [-0.3, -0.25) is 14.4 Å². The molecular weight excluding hydrogens is 254 g/mol. The van der Waals surface area contributed by atoms with E-state index in [9.17, 15) is 14.4 Å². The quantitative estimate of drug-likeness (QED) is 0.626. The minimum Gasteiger partial charge on any atom is -0.312 e. The van der Waals surface area contributed by atoms with E-state index in [2.05, 4.69) is 0 Å². The smallest absolute Gasteiger partial charge is 0.237 e. The lowest BCUT2D eigenvalue weighted by molar-refractivity contribution is -0.133. The van der Waals surface area contributed by atoms with E-state index < -0.39 is 5.92 Å². The number of hydrogen-bond donors (Lipinski definition) is 0. The maximum absolute atomic E-state index is 12.4. The van der Waals surface area contributed by atoms with E-state index in [0.29, 0.717) is 30.6 Å². The molecule has 0 bridgehead atoms. The second kappa shape index (κ2) is 5.99. The molecule has 1 aliphatic rings. The fourth-order valence-electron chi connectivity index (χ4n) is 2.57. The Morgan fingerprint density at radius 2 is 2.10 bits per heavy atom. The van der Waals surface area contributed by atoms with Gasteiger partial charge < -0.3 is 4.90 Å². The van der Waals surface area contributed by atoms with Crippen LogP contribution >= 0.6 is 0 Å². The van der Waals surface area contributed by atoms with Crippen molar-refractivity contribution in [3.63, 3.8) is 0 Å². The van der Waals surface area contributed by atoms with Crippen LogP contribution in [0.5, 0.6) is 0 Å². The third-order valence-corrected chi connectivity index (χ3v) is 3.74. The van der Waals surface area contributed by atoms with Crippen molar-refractivity contribution < 1.29 is 14.4 Å². The average Bonchev–Trinajstić information content (AvgIpc) is 2.46. The molecule has 1 aromatic rings. The number of piperidine rings is 1. The van der Waals surface area contributed by atoms with Crippen molar-refractivity contribution in [1.29, 1.82) is 0 Å². The predicted octanol–water partition coefficient (Wildman–Crippen LogP) is 2.61. The monoisotopic (exact) mass is 273 g/mol. The van der Waals surface area contributed by atoms with Gasteiger partial charge in [0.25, 0.3) is 0 Å². The van der Waals surface area contributed by atoms with E-state index in [4.69, 9.17) is 0 Å². The van der Waals surface area contributed by atoms with E-state index in [0.717, 1.165) is 6.42 Å². The standard InChI is InChI=1S/C16H19NO3/c1-3-15(19)14-8-5-9-17(16(14)20)13-7-4-6-12(10-13)11(2)18/h4,6-7,10,14H,3,5,8-9H2,1-2H3. The molecule has 4 nitrogen and oxygen atoms in total. The minimum atomic E-state index is -0.519. The Hall–Kier alpha value is -1.97. The normalized spacial score (nSPS) is 19.0. The first-order valence-corrected chi connectivity index (χ1v) is 6.99. The number of amides is 1. The van der Waals surface area contributed by atoms with Crippen LogP contribution < -0.4 is 4.90 Å². The lowest BCUT2D eigenvalue weighted by Crippen LogP contribution is -2.44. The first-order valence-electron chi connectivity index (χ1n) is 6.99. The van der Waals surface area contributed by atoms with Gasteiger partial charge in [0.15, 0.2) is 5.78 Å². The lowest BCUT2D eigenvalue weighted by atomic mass is 9.91. The Kier molecular flexibility index (Phi) is 4.32. The van der Waals surface area contributed by atoms with Gasteiger partial charge in [-0.1, -0.05) is 19.1 Å². The summed E-state index contributed by atoms with van der Waals surface area (Å²) in [5.74, 6) is -0.682. The molecule has 1 saturated heterocycles. The highest BCUT2D eigenvalue weighted by Crippen LogP contribution is 2.26. The van der Waals surface area contributed by atoms with E-state index in [1.54, 1.807) is 30.0 Å². The van der Waals surface area contributed by atoms with E-state index >= 15 is 0 Å². The molecule has 0 radical (unpaired) electrons. The van der Waals surface area contributed by atoms with Gasteiger partial charge in [-0.2, -0.15) is 0 Å². The Labute approximate surface area is 118 Å². The summed E-state index contributed by atoms with van der Waals surface area (Å²) in [4.78, 5) is 37.3. The summed E-state index contributed by atoms with van der Waals surface area (Å²) in [6.45, 7) is 3.89. The molecule has 0 saturated carbocycles. The zero-order valence-corrected chi connectivity index (χ0v) is 11.9. The fraction of sp³-hybridized carbons (Fsp3) is 0.438. The molecule has 1 heterocycles. The van der Waals surface area contributed by atoms with Crippen molar-refractivity contribution in [2.75, 3.05) is 11.4 Å². The summed E-state index contributed by atoms with van der Waals surface area (Å²) in [6.07, 6.45) is 1.83. The third kappa shape index (κ3) is 2.79. The van der Waals surface area contributed by atoms with Crippen molar-refractivity contribution in [3.8, 4) is 0 Å². The molecule has 1 aliphatic heterocycles. The molecule has 1 amide bonds. The van der Waals surface area contributed by atoms with Crippen LogP contribution in [0.15, 0.2) is 24.3 Å². The number of carbonyl (C=O) groups excluding carboxylic acids is 3. The Balaban J connectivity index is 2.28. The van der Waals surface area contributed by atoms with Crippen molar-refractivity contribution in [1.82, 2.24) is 0 Å². The second-order valence-corrected chi connectivity index (χ2v) is 5.11. The summed E-state index contributed by atoms with van der Waals surface area (Å²) in [5, 5.41) is 0. The highest BCUT2D eigenvalue weighted by molar-refractivity contribution is 6.09. The zero-order valence-electron chi connectivity index (χ0n) is 11.9. The first-order chi connectivity index (χ1) is 9.54. The van der Waals surface area contributed by atoms with E-state index in [1.807, 2.05) is 6.07 Å². The van der Waals surface area contributed by atoms with Crippen LogP contribution in [0.3, 0.4) is 0 Å². The van der Waals surface area contributed by atoms with Gasteiger partial charge in [-0.25, -0.2) is 0 Å². The fourth-order valence-corrected chi connectivity index (χ4v) is 2.57.